The Hall–Kier alpha value is -0.280. The van der Waals surface area contributed by atoms with E-state index in [2.05, 4.69) is 0 Å². The lowest BCUT2D eigenvalue weighted by atomic mass is 9.79. The SMILES string of the molecule is CCOC1CC(CC(=O)N(CCCl)C2CCC2)C1. The van der Waals surface area contributed by atoms with Gasteiger partial charge in [0, 0.05) is 31.5 Å². The van der Waals surface area contributed by atoms with Crippen LogP contribution in [0.5, 0.6) is 0 Å². The van der Waals surface area contributed by atoms with Crippen molar-refractivity contribution in [2.24, 2.45) is 5.92 Å². The van der Waals surface area contributed by atoms with Crippen molar-refractivity contribution in [1.82, 2.24) is 4.90 Å². The third-order valence-corrected chi connectivity index (χ3v) is 4.39. The van der Waals surface area contributed by atoms with Crippen LogP contribution in [-0.2, 0) is 9.53 Å². The van der Waals surface area contributed by atoms with E-state index in [1.54, 1.807) is 0 Å². The molecule has 104 valence electrons. The smallest absolute Gasteiger partial charge is 0.223 e. The van der Waals surface area contributed by atoms with E-state index >= 15 is 0 Å². The van der Waals surface area contributed by atoms with E-state index in [0.29, 0.717) is 42.8 Å². The van der Waals surface area contributed by atoms with Crippen molar-refractivity contribution in [3.63, 3.8) is 0 Å². The van der Waals surface area contributed by atoms with Crippen LogP contribution in [0.3, 0.4) is 0 Å². The number of hydrogen-bond donors (Lipinski definition) is 0. The minimum atomic E-state index is 0.306. The van der Waals surface area contributed by atoms with Gasteiger partial charge in [-0.2, -0.15) is 0 Å². The van der Waals surface area contributed by atoms with Crippen LogP contribution in [0.15, 0.2) is 0 Å². The molecule has 2 aliphatic rings. The molecule has 2 saturated carbocycles. The van der Waals surface area contributed by atoms with Crippen LogP contribution in [0.4, 0.5) is 0 Å². The molecule has 2 fully saturated rings. The number of alkyl halides is 1. The maximum absolute atomic E-state index is 12.3. The summed E-state index contributed by atoms with van der Waals surface area (Å²) in [7, 11) is 0. The summed E-state index contributed by atoms with van der Waals surface area (Å²) in [5.41, 5.74) is 0. The quantitative estimate of drug-likeness (QED) is 0.668. The predicted molar refractivity (Wildman–Crippen MR) is 72.8 cm³/mol. The highest BCUT2D eigenvalue weighted by atomic mass is 35.5. The highest BCUT2D eigenvalue weighted by Crippen LogP contribution is 2.34. The monoisotopic (exact) mass is 273 g/mol. The number of carbonyl (C=O) groups excluding carboxylic acids is 1. The second-order valence-electron chi connectivity index (χ2n) is 5.48. The second kappa shape index (κ2) is 6.76. The molecule has 0 bridgehead atoms. The van der Waals surface area contributed by atoms with Gasteiger partial charge < -0.3 is 9.64 Å². The average Bonchev–Trinajstić information content (AvgIpc) is 2.23. The van der Waals surface area contributed by atoms with E-state index < -0.39 is 0 Å². The molecule has 0 spiro atoms. The first-order valence-corrected chi connectivity index (χ1v) is 7.75. The van der Waals surface area contributed by atoms with Gasteiger partial charge in [-0.15, -0.1) is 11.6 Å². The van der Waals surface area contributed by atoms with E-state index in [9.17, 15) is 4.79 Å². The lowest BCUT2D eigenvalue weighted by Crippen LogP contribution is -2.46. The van der Waals surface area contributed by atoms with E-state index in [1.807, 2.05) is 11.8 Å². The van der Waals surface area contributed by atoms with Crippen LogP contribution in [0.25, 0.3) is 0 Å². The van der Waals surface area contributed by atoms with Crippen molar-refractivity contribution in [2.45, 2.75) is 57.6 Å². The van der Waals surface area contributed by atoms with Gasteiger partial charge in [-0.1, -0.05) is 0 Å². The van der Waals surface area contributed by atoms with Gasteiger partial charge in [0.2, 0.25) is 5.91 Å². The number of ether oxygens (including phenoxy) is 1. The summed E-state index contributed by atoms with van der Waals surface area (Å²) in [5.74, 6) is 1.39. The van der Waals surface area contributed by atoms with Gasteiger partial charge in [0.25, 0.3) is 0 Å². The minimum absolute atomic E-state index is 0.306. The Kier molecular flexibility index (Phi) is 5.31. The molecule has 4 heteroatoms. The maximum atomic E-state index is 12.3. The van der Waals surface area contributed by atoms with Gasteiger partial charge >= 0.3 is 0 Å². The van der Waals surface area contributed by atoms with Gasteiger partial charge in [0.1, 0.15) is 0 Å². The molecule has 0 saturated heterocycles. The molecule has 0 aromatic heterocycles. The molecule has 18 heavy (non-hydrogen) atoms. The van der Waals surface area contributed by atoms with Crippen LogP contribution in [0, 0.1) is 5.92 Å². The summed E-state index contributed by atoms with van der Waals surface area (Å²) in [5, 5.41) is 0. The molecule has 3 nitrogen and oxygen atoms in total. The minimum Gasteiger partial charge on any atom is -0.378 e. The fourth-order valence-electron chi connectivity index (χ4n) is 2.88. The summed E-state index contributed by atoms with van der Waals surface area (Å²) < 4.78 is 5.53. The Morgan fingerprint density at radius 2 is 2.11 bits per heavy atom. The zero-order chi connectivity index (χ0) is 13.0. The van der Waals surface area contributed by atoms with E-state index in [4.69, 9.17) is 16.3 Å². The maximum Gasteiger partial charge on any atom is 0.223 e. The summed E-state index contributed by atoms with van der Waals surface area (Å²) in [4.78, 5) is 14.3. The molecule has 1 amide bonds. The normalized spacial score (nSPS) is 27.4. The third-order valence-electron chi connectivity index (χ3n) is 4.22. The van der Waals surface area contributed by atoms with E-state index in [0.717, 1.165) is 32.3 Å². The van der Waals surface area contributed by atoms with Crippen molar-refractivity contribution < 1.29 is 9.53 Å². The molecule has 0 aromatic rings. The van der Waals surface area contributed by atoms with Gasteiger partial charge in [-0.05, 0) is 44.9 Å². The highest BCUT2D eigenvalue weighted by Gasteiger charge is 2.34. The van der Waals surface area contributed by atoms with Crippen LogP contribution in [0.1, 0.15) is 45.4 Å². The van der Waals surface area contributed by atoms with Crippen molar-refractivity contribution in [2.75, 3.05) is 19.0 Å². The number of carbonyl (C=O) groups is 1. The third kappa shape index (κ3) is 3.39. The zero-order valence-electron chi connectivity index (χ0n) is 11.2. The number of amides is 1. The standard InChI is InChI=1S/C14H24ClNO2/c1-2-18-13-8-11(9-13)10-14(17)16(7-6-15)12-4-3-5-12/h11-13H,2-10H2,1H3. The molecule has 0 N–H and O–H groups in total. The Labute approximate surface area is 115 Å². The van der Waals surface area contributed by atoms with Gasteiger partial charge in [-0.25, -0.2) is 0 Å². The first kappa shape index (κ1) is 14.1. The number of hydrogen-bond acceptors (Lipinski definition) is 2. The van der Waals surface area contributed by atoms with Crippen LogP contribution in [-0.4, -0.2) is 42.0 Å². The molecule has 0 radical (unpaired) electrons. The zero-order valence-corrected chi connectivity index (χ0v) is 12.0. The van der Waals surface area contributed by atoms with Crippen molar-refractivity contribution in [1.29, 1.82) is 0 Å². The lowest BCUT2D eigenvalue weighted by Gasteiger charge is -2.40. The Morgan fingerprint density at radius 1 is 1.39 bits per heavy atom. The Morgan fingerprint density at radius 3 is 2.61 bits per heavy atom. The van der Waals surface area contributed by atoms with E-state index in [-0.39, 0.29) is 0 Å². The Bertz CT molecular complexity index is 275. The summed E-state index contributed by atoms with van der Waals surface area (Å²) >= 11 is 5.80. The molecule has 0 aromatic carbocycles. The fraction of sp³-hybridized carbons (Fsp3) is 0.929. The molecule has 0 atom stereocenters. The summed E-state index contributed by atoms with van der Waals surface area (Å²) in [6.07, 6.45) is 6.78. The number of halogens is 1. The molecule has 2 rings (SSSR count). The number of nitrogens with zero attached hydrogens (tertiary/aromatic N) is 1. The predicted octanol–water partition coefficient (Wildman–Crippen LogP) is 2.81. The molecule has 0 unspecified atom stereocenters. The van der Waals surface area contributed by atoms with Crippen molar-refractivity contribution in [3.05, 3.63) is 0 Å². The number of rotatable bonds is 7. The molecule has 0 heterocycles. The summed E-state index contributed by atoms with van der Waals surface area (Å²) in [6.45, 7) is 3.52. The van der Waals surface area contributed by atoms with Gasteiger partial charge in [0.05, 0.1) is 6.10 Å². The van der Waals surface area contributed by atoms with Crippen LogP contribution < -0.4 is 0 Å². The van der Waals surface area contributed by atoms with Crippen LogP contribution >= 0.6 is 11.6 Å². The van der Waals surface area contributed by atoms with Crippen molar-refractivity contribution >= 4 is 17.5 Å². The first-order valence-electron chi connectivity index (χ1n) is 7.21. The Balaban J connectivity index is 1.72. The molecule has 2 aliphatic carbocycles. The molecular formula is C14H24ClNO2. The average molecular weight is 274 g/mol. The first-order chi connectivity index (χ1) is 8.74. The second-order valence-corrected chi connectivity index (χ2v) is 5.86. The topological polar surface area (TPSA) is 29.5 Å². The van der Waals surface area contributed by atoms with Gasteiger partial charge in [-0.3, -0.25) is 4.79 Å². The summed E-state index contributed by atoms with van der Waals surface area (Å²) in [6, 6.07) is 0.471. The largest absolute Gasteiger partial charge is 0.378 e. The molecule has 0 aliphatic heterocycles. The molecular weight excluding hydrogens is 250 g/mol. The fourth-order valence-corrected chi connectivity index (χ4v) is 3.06. The highest BCUT2D eigenvalue weighted by molar-refractivity contribution is 6.18. The van der Waals surface area contributed by atoms with Crippen LogP contribution in [0.2, 0.25) is 0 Å². The van der Waals surface area contributed by atoms with E-state index in [1.165, 1.54) is 6.42 Å². The lowest BCUT2D eigenvalue weighted by molar-refractivity contribution is -0.138. The van der Waals surface area contributed by atoms with Crippen molar-refractivity contribution in [3.8, 4) is 0 Å². The van der Waals surface area contributed by atoms with Gasteiger partial charge in [0.15, 0.2) is 0 Å².